The third-order valence-electron chi connectivity index (χ3n) is 4.23. The molecule has 2 aromatic rings. The second-order valence-corrected chi connectivity index (χ2v) is 5.66. The van der Waals surface area contributed by atoms with Crippen molar-refractivity contribution in [2.75, 3.05) is 0 Å². The van der Waals surface area contributed by atoms with E-state index in [2.05, 4.69) is 10.6 Å². The van der Waals surface area contributed by atoms with Crippen LogP contribution < -0.4 is 10.6 Å². The Hall–Kier alpha value is -3.10. The van der Waals surface area contributed by atoms with E-state index >= 15 is 0 Å². The third-order valence-corrected chi connectivity index (χ3v) is 4.23. The van der Waals surface area contributed by atoms with Gasteiger partial charge in [-0.25, -0.2) is 4.79 Å². The molecule has 0 spiro atoms. The molecular formula is C17H16N2O6. The van der Waals surface area contributed by atoms with Gasteiger partial charge in [-0.05, 0) is 35.4 Å². The molecule has 130 valence electrons. The van der Waals surface area contributed by atoms with Crippen molar-refractivity contribution in [2.45, 2.75) is 18.8 Å². The number of aromatic hydroxyl groups is 2. The SMILES string of the molecule is O=C1NC(=O)C(c2ccc(O)c(CO)c2)(c2ccc(O)c(CO)c2)N1. The summed E-state index contributed by atoms with van der Waals surface area (Å²) in [7, 11) is 0. The molecule has 0 bridgehead atoms. The number of aliphatic hydroxyl groups excluding tert-OH is 2. The second-order valence-electron chi connectivity index (χ2n) is 5.66. The van der Waals surface area contributed by atoms with Crippen molar-refractivity contribution >= 4 is 11.9 Å². The zero-order valence-corrected chi connectivity index (χ0v) is 13.0. The molecule has 1 aliphatic rings. The average Bonchev–Trinajstić information content (AvgIpc) is 2.91. The van der Waals surface area contributed by atoms with E-state index in [1.165, 1.54) is 36.4 Å². The van der Waals surface area contributed by atoms with Crippen molar-refractivity contribution in [2.24, 2.45) is 0 Å². The highest BCUT2D eigenvalue weighted by Gasteiger charge is 2.49. The van der Waals surface area contributed by atoms with Gasteiger partial charge in [0.2, 0.25) is 0 Å². The maximum Gasteiger partial charge on any atom is 0.322 e. The lowest BCUT2D eigenvalue weighted by atomic mass is 9.81. The first-order chi connectivity index (χ1) is 11.9. The Balaban J connectivity index is 2.26. The number of hydrogen-bond donors (Lipinski definition) is 6. The summed E-state index contributed by atoms with van der Waals surface area (Å²) >= 11 is 0. The smallest absolute Gasteiger partial charge is 0.322 e. The number of nitrogens with one attached hydrogen (secondary N) is 2. The maximum atomic E-state index is 12.6. The van der Waals surface area contributed by atoms with Gasteiger partial charge < -0.3 is 25.7 Å². The van der Waals surface area contributed by atoms with E-state index in [0.717, 1.165) is 0 Å². The minimum atomic E-state index is -1.62. The van der Waals surface area contributed by atoms with Gasteiger partial charge in [-0.3, -0.25) is 10.1 Å². The van der Waals surface area contributed by atoms with Gasteiger partial charge >= 0.3 is 6.03 Å². The van der Waals surface area contributed by atoms with E-state index in [-0.39, 0.29) is 22.6 Å². The minimum Gasteiger partial charge on any atom is -0.508 e. The van der Waals surface area contributed by atoms with Gasteiger partial charge in [-0.15, -0.1) is 0 Å². The number of phenols is 2. The lowest BCUT2D eigenvalue weighted by molar-refractivity contribution is -0.122. The fourth-order valence-corrected chi connectivity index (χ4v) is 2.92. The second kappa shape index (κ2) is 6.08. The van der Waals surface area contributed by atoms with Gasteiger partial charge in [0.1, 0.15) is 11.5 Å². The number of carbonyl (C=O) groups excluding carboxylic acids is 2. The Morgan fingerprint density at radius 1 is 0.840 bits per heavy atom. The quantitative estimate of drug-likeness (QED) is 0.437. The van der Waals surface area contributed by atoms with Crippen LogP contribution in [0.25, 0.3) is 0 Å². The van der Waals surface area contributed by atoms with Gasteiger partial charge in [0, 0.05) is 11.1 Å². The highest BCUT2D eigenvalue weighted by atomic mass is 16.3. The summed E-state index contributed by atoms with van der Waals surface area (Å²) in [5.41, 5.74) is -0.620. The first kappa shape index (κ1) is 16.7. The maximum absolute atomic E-state index is 12.6. The number of urea groups is 1. The molecule has 3 rings (SSSR count). The monoisotopic (exact) mass is 344 g/mol. The van der Waals surface area contributed by atoms with Crippen LogP contribution in [0.4, 0.5) is 4.79 Å². The molecule has 0 aromatic heterocycles. The number of amides is 3. The van der Waals surface area contributed by atoms with Crippen molar-refractivity contribution < 1.29 is 30.0 Å². The highest BCUT2D eigenvalue weighted by Crippen LogP contribution is 2.36. The average molecular weight is 344 g/mol. The fraction of sp³-hybridized carbons (Fsp3) is 0.176. The largest absolute Gasteiger partial charge is 0.508 e. The van der Waals surface area contributed by atoms with E-state index in [1.807, 2.05) is 0 Å². The van der Waals surface area contributed by atoms with Gasteiger partial charge in [-0.1, -0.05) is 12.1 Å². The number of hydrogen-bond acceptors (Lipinski definition) is 6. The van der Waals surface area contributed by atoms with Crippen LogP contribution in [0.15, 0.2) is 36.4 Å². The Kier molecular flexibility index (Phi) is 4.07. The van der Waals surface area contributed by atoms with Crippen LogP contribution >= 0.6 is 0 Å². The summed E-state index contributed by atoms with van der Waals surface area (Å²) in [6.45, 7) is -0.911. The molecule has 1 saturated heterocycles. The molecule has 1 fully saturated rings. The van der Waals surface area contributed by atoms with Crippen molar-refractivity contribution in [3.8, 4) is 11.5 Å². The Morgan fingerprint density at radius 2 is 1.32 bits per heavy atom. The first-order valence-corrected chi connectivity index (χ1v) is 7.42. The standard InChI is InChI=1S/C17H16N2O6/c20-7-9-5-11(1-3-13(9)22)17(15(24)18-16(25)19-17)12-2-4-14(23)10(6-12)8-21/h1-6,20-23H,7-8H2,(H2,18,19,24,25). The third kappa shape index (κ3) is 2.57. The summed E-state index contributed by atoms with van der Waals surface area (Å²) in [6, 6.07) is 7.64. The number of rotatable bonds is 4. The van der Waals surface area contributed by atoms with E-state index in [0.29, 0.717) is 11.1 Å². The van der Waals surface area contributed by atoms with Crippen molar-refractivity contribution in [1.29, 1.82) is 0 Å². The van der Waals surface area contributed by atoms with Crippen molar-refractivity contribution in [1.82, 2.24) is 10.6 Å². The van der Waals surface area contributed by atoms with E-state index in [4.69, 9.17) is 0 Å². The molecule has 1 aliphatic heterocycles. The molecule has 0 saturated carbocycles. The van der Waals surface area contributed by atoms with Crippen LogP contribution in [0.3, 0.4) is 0 Å². The van der Waals surface area contributed by atoms with Crippen LogP contribution in [0.5, 0.6) is 11.5 Å². The van der Waals surface area contributed by atoms with Crippen molar-refractivity contribution in [3.05, 3.63) is 58.7 Å². The molecule has 0 aliphatic carbocycles. The molecule has 8 heteroatoms. The lowest BCUT2D eigenvalue weighted by Gasteiger charge is -2.28. The highest BCUT2D eigenvalue weighted by molar-refractivity contribution is 6.09. The zero-order valence-electron chi connectivity index (χ0n) is 13.0. The summed E-state index contributed by atoms with van der Waals surface area (Å²) in [5.74, 6) is -0.942. The Morgan fingerprint density at radius 3 is 1.68 bits per heavy atom. The normalized spacial score (nSPS) is 15.8. The topological polar surface area (TPSA) is 139 Å². The molecule has 25 heavy (non-hydrogen) atoms. The van der Waals surface area contributed by atoms with Crippen molar-refractivity contribution in [3.63, 3.8) is 0 Å². The summed E-state index contributed by atoms with van der Waals surface area (Å²) < 4.78 is 0. The van der Waals surface area contributed by atoms with Gasteiger partial charge in [0.25, 0.3) is 5.91 Å². The number of benzene rings is 2. The van der Waals surface area contributed by atoms with Gasteiger partial charge in [0.05, 0.1) is 13.2 Å². The van der Waals surface area contributed by atoms with Crippen LogP contribution in [0.1, 0.15) is 22.3 Å². The molecule has 0 unspecified atom stereocenters. The van der Waals surface area contributed by atoms with E-state index in [9.17, 15) is 30.0 Å². The molecule has 6 N–H and O–H groups in total. The van der Waals surface area contributed by atoms with E-state index < -0.39 is 30.7 Å². The zero-order chi connectivity index (χ0) is 18.2. The Labute approximate surface area is 142 Å². The molecule has 1 heterocycles. The molecule has 2 aromatic carbocycles. The summed E-state index contributed by atoms with van der Waals surface area (Å²) in [4.78, 5) is 24.5. The lowest BCUT2D eigenvalue weighted by Crippen LogP contribution is -2.45. The molecule has 8 nitrogen and oxygen atoms in total. The first-order valence-electron chi connectivity index (χ1n) is 7.42. The van der Waals surface area contributed by atoms with Crippen LogP contribution in [0, 0.1) is 0 Å². The van der Waals surface area contributed by atoms with Crippen LogP contribution in [0.2, 0.25) is 0 Å². The summed E-state index contributed by atoms with van der Waals surface area (Å²) in [5, 5.41) is 43.0. The Bertz CT molecular complexity index is 811. The predicted molar refractivity (Wildman–Crippen MR) is 85.5 cm³/mol. The van der Waals surface area contributed by atoms with Crippen LogP contribution in [-0.2, 0) is 23.5 Å². The molecule has 0 atom stereocenters. The van der Waals surface area contributed by atoms with Gasteiger partial charge in [-0.2, -0.15) is 0 Å². The van der Waals surface area contributed by atoms with Crippen LogP contribution in [-0.4, -0.2) is 32.4 Å². The number of imide groups is 1. The number of aliphatic hydroxyl groups is 2. The fourth-order valence-electron chi connectivity index (χ4n) is 2.92. The minimum absolute atomic E-state index is 0.145. The van der Waals surface area contributed by atoms with E-state index in [1.54, 1.807) is 0 Å². The number of carbonyl (C=O) groups is 2. The molecule has 3 amide bonds. The molecule has 0 radical (unpaired) electrons. The predicted octanol–water partition coefficient (Wildman–Crippen LogP) is 0.165. The molecular weight excluding hydrogens is 328 g/mol. The van der Waals surface area contributed by atoms with Gasteiger partial charge in [0.15, 0.2) is 5.54 Å². The summed E-state index contributed by atoms with van der Waals surface area (Å²) in [6.07, 6.45) is 0.